The van der Waals surface area contributed by atoms with E-state index in [1.54, 1.807) is 12.1 Å². The van der Waals surface area contributed by atoms with Crippen LogP contribution in [0.4, 0.5) is 13.2 Å². The van der Waals surface area contributed by atoms with Crippen LogP contribution in [-0.2, 0) is 37.5 Å². The number of carbonyl (C=O) groups is 1. The molecule has 0 bridgehead atoms. The number of benzene rings is 2. The summed E-state index contributed by atoms with van der Waals surface area (Å²) in [4.78, 5) is 11.4. The molecule has 1 saturated heterocycles. The molecule has 0 aliphatic carbocycles. The molecule has 1 heterocycles. The van der Waals surface area contributed by atoms with Crippen molar-refractivity contribution in [1.29, 1.82) is 0 Å². The van der Waals surface area contributed by atoms with Gasteiger partial charge in [-0.3, -0.25) is 0 Å². The second kappa shape index (κ2) is 12.3. The molecule has 1 aliphatic heterocycles. The third-order valence-corrected chi connectivity index (χ3v) is 10.3. The summed E-state index contributed by atoms with van der Waals surface area (Å²) in [7, 11) is -6.80. The summed E-state index contributed by atoms with van der Waals surface area (Å²) in [6.45, 7) is -0.0706. The Morgan fingerprint density at radius 1 is 1.08 bits per heavy atom. The van der Waals surface area contributed by atoms with Crippen molar-refractivity contribution >= 4 is 37.6 Å². The fourth-order valence-electron chi connectivity index (χ4n) is 4.18. The number of carbonyl (C=O) groups excluding carboxylic acids is 1. The lowest BCUT2D eigenvalue weighted by Crippen LogP contribution is -2.51. The molecule has 8 nitrogen and oxygen atoms in total. The van der Waals surface area contributed by atoms with Gasteiger partial charge in [0.15, 0.2) is 0 Å². The molecule has 0 spiro atoms. The van der Waals surface area contributed by atoms with Gasteiger partial charge in [0.25, 0.3) is 0 Å². The van der Waals surface area contributed by atoms with E-state index in [9.17, 15) is 34.8 Å². The SMILES string of the molecule is COC(=O)c1ccc(CN(C2CCCN(S(=O)(=O)CCCCl)C2)S(=O)(=O)c2ccc(C(F)(F)F)cc2)cc1. The fraction of sp³-hybridized carbons (Fsp3) is 0.458. The average molecular weight is 597 g/mol. The quantitative estimate of drug-likeness (QED) is 0.302. The Morgan fingerprint density at radius 3 is 2.26 bits per heavy atom. The fourth-order valence-corrected chi connectivity index (χ4v) is 7.68. The molecule has 1 aliphatic rings. The standard InChI is InChI=1S/C24H28ClF3N2O6S2/c1-36-23(31)19-7-5-18(6-8-19)16-30(21-4-2-14-29(17-21)37(32,33)15-3-13-25)38(34,35)22-11-9-20(10-12-22)24(26,27)28/h5-12,21H,2-4,13-17H2,1H3. The summed E-state index contributed by atoms with van der Waals surface area (Å²) in [5.41, 5.74) is -0.242. The number of alkyl halides is 4. The maximum absolute atomic E-state index is 13.7. The van der Waals surface area contributed by atoms with Gasteiger partial charge in [-0.25, -0.2) is 25.9 Å². The van der Waals surface area contributed by atoms with Gasteiger partial charge in [0.05, 0.1) is 28.9 Å². The Kier molecular flexibility index (Phi) is 9.85. The van der Waals surface area contributed by atoms with E-state index in [0.717, 1.165) is 16.4 Å². The van der Waals surface area contributed by atoms with Crippen LogP contribution in [0.3, 0.4) is 0 Å². The third kappa shape index (κ3) is 7.26. The highest BCUT2D eigenvalue weighted by Crippen LogP contribution is 2.32. The molecule has 3 rings (SSSR count). The van der Waals surface area contributed by atoms with Crippen molar-refractivity contribution in [2.45, 2.75) is 42.9 Å². The molecule has 14 heteroatoms. The molecule has 1 unspecified atom stereocenters. The Balaban J connectivity index is 1.97. The predicted octanol–water partition coefficient (Wildman–Crippen LogP) is 4.11. The molecule has 210 valence electrons. The summed E-state index contributed by atoms with van der Waals surface area (Å²) in [6.07, 6.45) is -3.65. The Bertz CT molecular complexity index is 1320. The zero-order chi connectivity index (χ0) is 28.1. The van der Waals surface area contributed by atoms with Gasteiger partial charge in [-0.15, -0.1) is 11.6 Å². The summed E-state index contributed by atoms with van der Waals surface area (Å²) >= 11 is 5.65. The molecule has 0 aromatic heterocycles. The molecule has 0 radical (unpaired) electrons. The molecule has 1 fully saturated rings. The van der Waals surface area contributed by atoms with E-state index in [-0.39, 0.29) is 48.1 Å². The number of nitrogens with zero attached hydrogens (tertiary/aromatic N) is 2. The van der Waals surface area contributed by atoms with Gasteiger partial charge in [-0.1, -0.05) is 12.1 Å². The van der Waals surface area contributed by atoms with E-state index in [1.165, 1.54) is 23.5 Å². The lowest BCUT2D eigenvalue weighted by atomic mass is 10.1. The Hall–Kier alpha value is -2.19. The smallest absolute Gasteiger partial charge is 0.416 e. The summed E-state index contributed by atoms with van der Waals surface area (Å²) in [6, 6.07) is 8.41. The lowest BCUT2D eigenvalue weighted by Gasteiger charge is -2.38. The zero-order valence-corrected chi connectivity index (χ0v) is 22.9. The highest BCUT2D eigenvalue weighted by Gasteiger charge is 2.38. The van der Waals surface area contributed by atoms with Crippen LogP contribution in [0.1, 0.15) is 40.7 Å². The van der Waals surface area contributed by atoms with Crippen LogP contribution in [0.25, 0.3) is 0 Å². The van der Waals surface area contributed by atoms with Gasteiger partial charge >= 0.3 is 12.1 Å². The van der Waals surface area contributed by atoms with E-state index in [1.807, 2.05) is 0 Å². The first kappa shape index (κ1) is 30.4. The van der Waals surface area contributed by atoms with Crippen molar-refractivity contribution in [3.05, 3.63) is 65.2 Å². The van der Waals surface area contributed by atoms with Crippen molar-refractivity contribution < 1.29 is 39.5 Å². The second-order valence-corrected chi connectivity index (χ2v) is 13.1. The largest absolute Gasteiger partial charge is 0.465 e. The molecule has 1 atom stereocenters. The minimum atomic E-state index is -4.63. The van der Waals surface area contributed by atoms with Crippen LogP contribution in [0, 0.1) is 0 Å². The maximum Gasteiger partial charge on any atom is 0.416 e. The van der Waals surface area contributed by atoms with Crippen LogP contribution in [0.15, 0.2) is 53.4 Å². The van der Waals surface area contributed by atoms with Crippen molar-refractivity contribution in [3.8, 4) is 0 Å². The van der Waals surface area contributed by atoms with Crippen LogP contribution in [0.2, 0.25) is 0 Å². The molecule has 2 aromatic carbocycles. The van der Waals surface area contributed by atoms with Crippen LogP contribution >= 0.6 is 11.6 Å². The molecule has 0 N–H and O–H groups in total. The minimum absolute atomic E-state index is 0.106. The second-order valence-electron chi connectivity index (χ2n) is 8.77. The number of hydrogen-bond donors (Lipinski definition) is 0. The predicted molar refractivity (Wildman–Crippen MR) is 136 cm³/mol. The molecule has 0 amide bonds. The number of ether oxygens (including phenoxy) is 1. The summed E-state index contributed by atoms with van der Waals surface area (Å²) < 4.78 is 99.2. The van der Waals surface area contributed by atoms with E-state index >= 15 is 0 Å². The number of sulfonamides is 2. The average Bonchev–Trinajstić information content (AvgIpc) is 2.90. The van der Waals surface area contributed by atoms with Crippen molar-refractivity contribution in [2.75, 3.05) is 31.8 Å². The number of esters is 1. The summed E-state index contributed by atoms with van der Waals surface area (Å²) in [5.74, 6) is -0.591. The first-order valence-corrected chi connectivity index (χ1v) is 15.3. The first-order valence-electron chi connectivity index (χ1n) is 11.7. The number of rotatable bonds is 10. The zero-order valence-electron chi connectivity index (χ0n) is 20.5. The van der Waals surface area contributed by atoms with Gasteiger partial charge in [0, 0.05) is 31.6 Å². The lowest BCUT2D eigenvalue weighted by molar-refractivity contribution is -0.137. The number of piperidine rings is 1. The van der Waals surface area contributed by atoms with Crippen molar-refractivity contribution in [2.24, 2.45) is 0 Å². The highest BCUT2D eigenvalue weighted by atomic mass is 35.5. The van der Waals surface area contributed by atoms with E-state index < -0.39 is 43.8 Å². The number of hydrogen-bond acceptors (Lipinski definition) is 6. The molecular formula is C24H28ClF3N2O6S2. The Labute approximate surface area is 225 Å². The van der Waals surface area contributed by atoms with Crippen LogP contribution in [-0.4, -0.2) is 69.3 Å². The van der Waals surface area contributed by atoms with Gasteiger partial charge in [-0.2, -0.15) is 17.5 Å². The van der Waals surface area contributed by atoms with E-state index in [4.69, 9.17) is 11.6 Å². The normalized spacial score (nSPS) is 17.5. The minimum Gasteiger partial charge on any atom is -0.465 e. The highest BCUT2D eigenvalue weighted by molar-refractivity contribution is 7.89. The molecule has 0 saturated carbocycles. The van der Waals surface area contributed by atoms with Gasteiger partial charge in [0.2, 0.25) is 20.0 Å². The van der Waals surface area contributed by atoms with Gasteiger partial charge < -0.3 is 4.74 Å². The number of halogens is 4. The third-order valence-electron chi connectivity index (χ3n) is 6.20. The maximum atomic E-state index is 13.7. The van der Waals surface area contributed by atoms with Crippen molar-refractivity contribution in [3.63, 3.8) is 0 Å². The van der Waals surface area contributed by atoms with Crippen molar-refractivity contribution in [1.82, 2.24) is 8.61 Å². The van der Waals surface area contributed by atoms with Crippen LogP contribution in [0.5, 0.6) is 0 Å². The Morgan fingerprint density at radius 2 is 1.71 bits per heavy atom. The topological polar surface area (TPSA) is 101 Å². The van der Waals surface area contributed by atoms with Gasteiger partial charge in [0.1, 0.15) is 0 Å². The monoisotopic (exact) mass is 596 g/mol. The molecular weight excluding hydrogens is 569 g/mol. The first-order chi connectivity index (χ1) is 17.8. The van der Waals surface area contributed by atoms with E-state index in [2.05, 4.69) is 4.74 Å². The summed E-state index contributed by atoms with van der Waals surface area (Å²) in [5, 5.41) is 0. The van der Waals surface area contributed by atoms with Crippen LogP contribution < -0.4 is 0 Å². The number of methoxy groups -OCH3 is 1. The molecule has 38 heavy (non-hydrogen) atoms. The van der Waals surface area contributed by atoms with E-state index in [0.29, 0.717) is 30.5 Å². The van der Waals surface area contributed by atoms with Gasteiger partial charge in [-0.05, 0) is 61.2 Å². The molecule has 2 aromatic rings.